The molecule has 4 heteroatoms. The van der Waals surface area contributed by atoms with Crippen LogP contribution in [0.5, 0.6) is 0 Å². The summed E-state index contributed by atoms with van der Waals surface area (Å²) in [6.45, 7) is 0.236. The van der Waals surface area contributed by atoms with Crippen molar-refractivity contribution in [2.75, 3.05) is 18.9 Å². The fourth-order valence-electron chi connectivity index (χ4n) is 1.04. The van der Waals surface area contributed by atoms with Crippen molar-refractivity contribution < 1.29 is 4.79 Å². The number of para-hydroxylation sites is 1. The Bertz CT molecular complexity index is 368. The van der Waals surface area contributed by atoms with Gasteiger partial charge in [-0.1, -0.05) is 12.1 Å². The van der Waals surface area contributed by atoms with Gasteiger partial charge >= 0.3 is 0 Å². The molecule has 0 aliphatic carbocycles. The number of benzene rings is 1. The molecule has 1 aromatic rings. The predicted octanol–water partition coefficient (Wildman–Crippen LogP) is 0.716. The van der Waals surface area contributed by atoms with Gasteiger partial charge in [-0.2, -0.15) is 5.26 Å². The van der Waals surface area contributed by atoms with Crippen LogP contribution in [-0.2, 0) is 4.79 Å². The van der Waals surface area contributed by atoms with E-state index < -0.39 is 0 Å². The van der Waals surface area contributed by atoms with Crippen LogP contribution >= 0.6 is 0 Å². The summed E-state index contributed by atoms with van der Waals surface area (Å²) in [4.78, 5) is 11.2. The SMILES string of the molecule is CNCC(=O)Nc1ccccc1C#N. The van der Waals surface area contributed by atoms with Crippen LogP contribution in [0.25, 0.3) is 0 Å². The van der Waals surface area contributed by atoms with Crippen molar-refractivity contribution >= 4 is 11.6 Å². The molecule has 14 heavy (non-hydrogen) atoms. The summed E-state index contributed by atoms with van der Waals surface area (Å²) in [5.41, 5.74) is 1.02. The lowest BCUT2D eigenvalue weighted by Gasteiger charge is -2.05. The second kappa shape index (κ2) is 5.00. The highest BCUT2D eigenvalue weighted by Crippen LogP contribution is 2.12. The molecule has 0 fully saturated rings. The zero-order valence-electron chi connectivity index (χ0n) is 7.87. The third kappa shape index (κ3) is 2.57. The summed E-state index contributed by atoms with van der Waals surface area (Å²) in [5.74, 6) is -0.157. The average Bonchev–Trinajstić information content (AvgIpc) is 2.19. The van der Waals surface area contributed by atoms with Crippen molar-refractivity contribution in [3.63, 3.8) is 0 Å². The molecule has 1 aromatic carbocycles. The molecule has 0 saturated carbocycles. The molecule has 0 radical (unpaired) electrons. The third-order valence-corrected chi connectivity index (χ3v) is 1.66. The number of nitrogens with zero attached hydrogens (tertiary/aromatic N) is 1. The Morgan fingerprint density at radius 3 is 2.86 bits per heavy atom. The van der Waals surface area contributed by atoms with Crippen LogP contribution < -0.4 is 10.6 Å². The molecular formula is C10H11N3O. The molecule has 1 amide bonds. The van der Waals surface area contributed by atoms with Gasteiger partial charge in [0, 0.05) is 0 Å². The molecule has 0 saturated heterocycles. The molecule has 0 bridgehead atoms. The molecule has 0 unspecified atom stereocenters. The zero-order chi connectivity index (χ0) is 10.4. The van der Waals surface area contributed by atoms with E-state index in [9.17, 15) is 4.79 Å². The van der Waals surface area contributed by atoms with E-state index in [1.165, 1.54) is 0 Å². The first-order valence-electron chi connectivity index (χ1n) is 4.21. The largest absolute Gasteiger partial charge is 0.324 e. The van der Waals surface area contributed by atoms with Gasteiger partial charge in [-0.3, -0.25) is 4.79 Å². The fourth-order valence-corrected chi connectivity index (χ4v) is 1.04. The van der Waals surface area contributed by atoms with Crippen molar-refractivity contribution in [1.82, 2.24) is 5.32 Å². The number of carbonyl (C=O) groups excluding carboxylic acids is 1. The molecule has 0 aliphatic heterocycles. The topological polar surface area (TPSA) is 64.9 Å². The van der Waals surface area contributed by atoms with Crippen LogP contribution in [0.1, 0.15) is 5.56 Å². The van der Waals surface area contributed by atoms with Crippen LogP contribution in [0, 0.1) is 11.3 Å². The fraction of sp³-hybridized carbons (Fsp3) is 0.200. The van der Waals surface area contributed by atoms with Gasteiger partial charge in [0.25, 0.3) is 0 Å². The van der Waals surface area contributed by atoms with Gasteiger partial charge in [0.1, 0.15) is 6.07 Å². The Balaban J connectivity index is 2.77. The first-order chi connectivity index (χ1) is 6.77. The minimum atomic E-state index is -0.157. The average molecular weight is 189 g/mol. The van der Waals surface area contributed by atoms with Crippen molar-refractivity contribution in [3.05, 3.63) is 29.8 Å². The monoisotopic (exact) mass is 189 g/mol. The van der Waals surface area contributed by atoms with Gasteiger partial charge < -0.3 is 10.6 Å². The number of nitrogens with one attached hydrogen (secondary N) is 2. The summed E-state index contributed by atoms with van der Waals surface area (Å²) in [5, 5.41) is 14.1. The Labute approximate surface area is 82.5 Å². The number of nitriles is 1. The first kappa shape index (κ1) is 10.2. The van der Waals surface area contributed by atoms with Crippen LogP contribution in [0.4, 0.5) is 5.69 Å². The summed E-state index contributed by atoms with van der Waals surface area (Å²) < 4.78 is 0. The smallest absolute Gasteiger partial charge is 0.238 e. The summed E-state index contributed by atoms with van der Waals surface area (Å²) in [6.07, 6.45) is 0. The molecule has 0 aliphatic rings. The van der Waals surface area contributed by atoms with E-state index in [2.05, 4.69) is 10.6 Å². The minimum absolute atomic E-state index is 0.157. The highest BCUT2D eigenvalue weighted by atomic mass is 16.1. The van der Waals surface area contributed by atoms with Gasteiger partial charge in [0.15, 0.2) is 0 Å². The van der Waals surface area contributed by atoms with Crippen molar-refractivity contribution in [2.45, 2.75) is 0 Å². The van der Waals surface area contributed by atoms with Crippen molar-refractivity contribution in [3.8, 4) is 6.07 Å². The molecular weight excluding hydrogens is 178 g/mol. The lowest BCUT2D eigenvalue weighted by molar-refractivity contribution is -0.115. The van der Waals surface area contributed by atoms with Crippen molar-refractivity contribution in [2.24, 2.45) is 0 Å². The Morgan fingerprint density at radius 1 is 1.50 bits per heavy atom. The lowest BCUT2D eigenvalue weighted by Crippen LogP contribution is -2.25. The summed E-state index contributed by atoms with van der Waals surface area (Å²) in [6, 6.07) is 8.90. The molecule has 72 valence electrons. The number of anilines is 1. The number of hydrogen-bond acceptors (Lipinski definition) is 3. The number of rotatable bonds is 3. The lowest BCUT2D eigenvalue weighted by atomic mass is 10.2. The van der Waals surface area contributed by atoms with E-state index in [1.54, 1.807) is 31.3 Å². The number of amides is 1. The van der Waals surface area contributed by atoms with E-state index in [1.807, 2.05) is 6.07 Å². The van der Waals surface area contributed by atoms with Gasteiger partial charge in [-0.25, -0.2) is 0 Å². The molecule has 1 rings (SSSR count). The minimum Gasteiger partial charge on any atom is -0.324 e. The summed E-state index contributed by atoms with van der Waals surface area (Å²) >= 11 is 0. The van der Waals surface area contributed by atoms with Crippen LogP contribution in [0.2, 0.25) is 0 Å². The molecule has 2 N–H and O–H groups in total. The van der Waals surface area contributed by atoms with Gasteiger partial charge in [-0.15, -0.1) is 0 Å². The molecule has 0 spiro atoms. The van der Waals surface area contributed by atoms with Crippen LogP contribution in [0.3, 0.4) is 0 Å². The summed E-state index contributed by atoms with van der Waals surface area (Å²) in [7, 11) is 1.69. The Morgan fingerprint density at radius 2 is 2.21 bits per heavy atom. The number of carbonyl (C=O) groups is 1. The zero-order valence-corrected chi connectivity index (χ0v) is 7.87. The second-order valence-corrected chi connectivity index (χ2v) is 2.74. The number of hydrogen-bond donors (Lipinski definition) is 2. The van der Waals surface area contributed by atoms with E-state index >= 15 is 0 Å². The third-order valence-electron chi connectivity index (χ3n) is 1.66. The molecule has 0 atom stereocenters. The highest BCUT2D eigenvalue weighted by molar-refractivity contribution is 5.93. The first-order valence-corrected chi connectivity index (χ1v) is 4.21. The second-order valence-electron chi connectivity index (χ2n) is 2.74. The maximum atomic E-state index is 11.2. The molecule has 0 aromatic heterocycles. The van der Waals surface area contributed by atoms with Crippen LogP contribution in [-0.4, -0.2) is 19.5 Å². The van der Waals surface area contributed by atoms with Gasteiger partial charge in [-0.05, 0) is 19.2 Å². The Hall–Kier alpha value is -1.86. The maximum Gasteiger partial charge on any atom is 0.238 e. The standard InChI is InChI=1S/C10H11N3O/c1-12-7-10(14)13-9-5-3-2-4-8(9)6-11/h2-5,12H,7H2,1H3,(H,13,14). The highest BCUT2D eigenvalue weighted by Gasteiger charge is 2.03. The van der Waals surface area contributed by atoms with E-state index in [0.29, 0.717) is 11.3 Å². The van der Waals surface area contributed by atoms with E-state index in [0.717, 1.165) is 0 Å². The maximum absolute atomic E-state index is 11.2. The normalized spacial score (nSPS) is 9.14. The molecule has 4 nitrogen and oxygen atoms in total. The Kier molecular flexibility index (Phi) is 3.65. The van der Waals surface area contributed by atoms with Crippen LogP contribution in [0.15, 0.2) is 24.3 Å². The van der Waals surface area contributed by atoms with E-state index in [-0.39, 0.29) is 12.5 Å². The van der Waals surface area contributed by atoms with Crippen molar-refractivity contribution in [1.29, 1.82) is 5.26 Å². The predicted molar refractivity (Wildman–Crippen MR) is 53.7 cm³/mol. The quantitative estimate of drug-likeness (QED) is 0.736. The molecule has 0 heterocycles. The van der Waals surface area contributed by atoms with Gasteiger partial charge in [0.2, 0.25) is 5.91 Å². The van der Waals surface area contributed by atoms with Gasteiger partial charge in [0.05, 0.1) is 17.8 Å². The number of likely N-dealkylation sites (N-methyl/N-ethyl adjacent to an activating group) is 1. The van der Waals surface area contributed by atoms with E-state index in [4.69, 9.17) is 5.26 Å².